The van der Waals surface area contributed by atoms with Crippen LogP contribution in [0.1, 0.15) is 16.8 Å². The van der Waals surface area contributed by atoms with Gasteiger partial charge in [0.2, 0.25) is 5.88 Å². The van der Waals surface area contributed by atoms with Crippen LogP contribution in [0.4, 0.5) is 5.13 Å². The third kappa shape index (κ3) is 3.89. The lowest BCUT2D eigenvalue weighted by molar-refractivity contribution is 0.102. The number of anilines is 1. The van der Waals surface area contributed by atoms with E-state index in [0.717, 1.165) is 28.1 Å². The first-order valence-corrected chi connectivity index (χ1v) is 10.1. The van der Waals surface area contributed by atoms with Crippen LogP contribution in [0, 0.1) is 0 Å². The van der Waals surface area contributed by atoms with Gasteiger partial charge in [0, 0.05) is 23.0 Å². The molecule has 8 heteroatoms. The Balaban J connectivity index is 1.44. The number of pyridine rings is 1. The molecule has 0 aliphatic carbocycles. The van der Waals surface area contributed by atoms with Gasteiger partial charge in [0.1, 0.15) is 6.10 Å². The van der Waals surface area contributed by atoms with Gasteiger partial charge in [0.25, 0.3) is 5.91 Å². The first-order chi connectivity index (χ1) is 12.2. The molecular formula is C17H14ClN3O2S2. The highest BCUT2D eigenvalue weighted by Gasteiger charge is 2.18. The van der Waals surface area contributed by atoms with Crippen LogP contribution in [0.15, 0.2) is 36.5 Å². The molecule has 1 saturated heterocycles. The Morgan fingerprint density at radius 3 is 3.00 bits per heavy atom. The summed E-state index contributed by atoms with van der Waals surface area (Å²) in [5.74, 6) is 2.42. The van der Waals surface area contributed by atoms with E-state index in [4.69, 9.17) is 16.3 Å². The average molecular weight is 392 g/mol. The molecule has 0 spiro atoms. The number of halogens is 1. The summed E-state index contributed by atoms with van der Waals surface area (Å²) in [6, 6.07) is 8.89. The van der Waals surface area contributed by atoms with Crippen molar-refractivity contribution < 1.29 is 9.53 Å². The highest BCUT2D eigenvalue weighted by molar-refractivity contribution is 7.99. The van der Waals surface area contributed by atoms with Gasteiger partial charge < -0.3 is 4.74 Å². The van der Waals surface area contributed by atoms with Crippen LogP contribution >= 0.6 is 34.7 Å². The predicted octanol–water partition coefficient (Wildman–Crippen LogP) is 4.48. The van der Waals surface area contributed by atoms with E-state index in [1.165, 1.54) is 17.5 Å². The number of fused-ring (bicyclic) bond motifs is 1. The van der Waals surface area contributed by atoms with Crippen LogP contribution in [-0.4, -0.2) is 33.5 Å². The van der Waals surface area contributed by atoms with Crippen molar-refractivity contribution in [3.05, 3.63) is 47.1 Å². The monoisotopic (exact) mass is 391 g/mol. The van der Waals surface area contributed by atoms with Crippen molar-refractivity contribution in [2.75, 3.05) is 16.8 Å². The van der Waals surface area contributed by atoms with Gasteiger partial charge in [0.15, 0.2) is 5.13 Å². The van der Waals surface area contributed by atoms with E-state index in [0.29, 0.717) is 21.6 Å². The molecule has 1 atom stereocenters. The van der Waals surface area contributed by atoms with Gasteiger partial charge in [-0.2, -0.15) is 11.8 Å². The zero-order valence-corrected chi connectivity index (χ0v) is 15.5. The maximum Gasteiger partial charge on any atom is 0.259 e. The Labute approximate surface area is 157 Å². The summed E-state index contributed by atoms with van der Waals surface area (Å²) in [6.45, 7) is 0. The van der Waals surface area contributed by atoms with E-state index in [-0.39, 0.29) is 12.0 Å². The number of hydrogen-bond donors (Lipinski definition) is 1. The number of hydrogen-bond acceptors (Lipinski definition) is 6. The van der Waals surface area contributed by atoms with Crippen LogP contribution in [-0.2, 0) is 0 Å². The Bertz CT molecular complexity index is 908. The molecule has 1 fully saturated rings. The number of thiazole rings is 1. The summed E-state index contributed by atoms with van der Waals surface area (Å²) >= 11 is 9.24. The molecule has 1 aromatic carbocycles. The molecule has 0 bridgehead atoms. The zero-order valence-electron chi connectivity index (χ0n) is 13.1. The smallest absolute Gasteiger partial charge is 0.259 e. The molecule has 25 heavy (non-hydrogen) atoms. The number of thioether (sulfide) groups is 1. The van der Waals surface area contributed by atoms with Gasteiger partial charge in [-0.3, -0.25) is 10.1 Å². The molecule has 3 heterocycles. The number of carbonyl (C=O) groups excluding carboxylic acids is 1. The molecule has 0 radical (unpaired) electrons. The number of nitrogens with one attached hydrogen (secondary N) is 1. The van der Waals surface area contributed by atoms with Crippen LogP contribution in [0.3, 0.4) is 0 Å². The number of rotatable bonds is 4. The molecular weight excluding hydrogens is 378 g/mol. The first-order valence-electron chi connectivity index (χ1n) is 7.75. The van der Waals surface area contributed by atoms with Crippen molar-refractivity contribution in [3.63, 3.8) is 0 Å². The van der Waals surface area contributed by atoms with E-state index in [1.807, 2.05) is 23.9 Å². The minimum Gasteiger partial charge on any atom is -0.473 e. The van der Waals surface area contributed by atoms with Crippen LogP contribution in [0.5, 0.6) is 5.88 Å². The van der Waals surface area contributed by atoms with Gasteiger partial charge in [-0.05, 0) is 36.4 Å². The summed E-state index contributed by atoms with van der Waals surface area (Å²) in [4.78, 5) is 21.0. The van der Waals surface area contributed by atoms with E-state index in [9.17, 15) is 4.79 Å². The molecule has 2 aromatic heterocycles. The van der Waals surface area contributed by atoms with Crippen molar-refractivity contribution in [1.29, 1.82) is 0 Å². The summed E-state index contributed by atoms with van der Waals surface area (Å²) < 4.78 is 6.72. The minimum atomic E-state index is -0.249. The Morgan fingerprint density at radius 2 is 2.24 bits per heavy atom. The molecule has 1 aliphatic rings. The minimum absolute atomic E-state index is 0.215. The van der Waals surface area contributed by atoms with Crippen molar-refractivity contribution >= 4 is 56.0 Å². The number of amides is 1. The lowest BCUT2D eigenvalue weighted by Crippen LogP contribution is -2.16. The van der Waals surface area contributed by atoms with Crippen molar-refractivity contribution in [2.24, 2.45) is 0 Å². The van der Waals surface area contributed by atoms with Crippen LogP contribution in [0.25, 0.3) is 10.2 Å². The van der Waals surface area contributed by atoms with Gasteiger partial charge >= 0.3 is 0 Å². The first kappa shape index (κ1) is 16.6. The highest BCUT2D eigenvalue weighted by Crippen LogP contribution is 2.28. The number of aromatic nitrogens is 2. The molecule has 128 valence electrons. The fourth-order valence-corrected chi connectivity index (χ4v) is 4.71. The second-order valence-corrected chi connectivity index (χ2v) is 8.19. The van der Waals surface area contributed by atoms with E-state index in [1.54, 1.807) is 18.2 Å². The molecule has 5 nitrogen and oxygen atoms in total. The number of ether oxygens (including phenoxy) is 1. The Hall–Kier alpha value is -1.83. The summed E-state index contributed by atoms with van der Waals surface area (Å²) in [7, 11) is 0. The molecule has 1 N–H and O–H groups in total. The van der Waals surface area contributed by atoms with E-state index < -0.39 is 0 Å². The highest BCUT2D eigenvalue weighted by atomic mass is 35.5. The van der Waals surface area contributed by atoms with Gasteiger partial charge in [-0.25, -0.2) is 9.97 Å². The fraction of sp³-hybridized carbons (Fsp3) is 0.235. The van der Waals surface area contributed by atoms with Crippen LogP contribution in [0.2, 0.25) is 5.02 Å². The lowest BCUT2D eigenvalue weighted by atomic mass is 10.2. The standard InChI is InChI=1S/C17H14ClN3O2S2/c18-11-2-3-13-14(7-11)25-17(20-13)21-16(22)10-1-4-15(19-8-10)23-12-5-6-24-9-12/h1-4,7-8,12H,5-6,9H2,(H,20,21,22)/t12-/m1/s1. The normalized spacial score (nSPS) is 16.9. The predicted molar refractivity (Wildman–Crippen MR) is 103 cm³/mol. The topological polar surface area (TPSA) is 64.1 Å². The van der Waals surface area contributed by atoms with Gasteiger partial charge in [-0.1, -0.05) is 22.9 Å². The van der Waals surface area contributed by atoms with Crippen molar-refractivity contribution in [2.45, 2.75) is 12.5 Å². The summed E-state index contributed by atoms with van der Waals surface area (Å²) in [5.41, 5.74) is 1.27. The second kappa shape index (κ2) is 7.19. The van der Waals surface area contributed by atoms with Crippen molar-refractivity contribution in [3.8, 4) is 5.88 Å². The van der Waals surface area contributed by atoms with E-state index in [2.05, 4.69) is 15.3 Å². The largest absolute Gasteiger partial charge is 0.473 e. The maximum absolute atomic E-state index is 12.4. The maximum atomic E-state index is 12.4. The van der Waals surface area contributed by atoms with Crippen LogP contribution < -0.4 is 10.1 Å². The van der Waals surface area contributed by atoms with E-state index >= 15 is 0 Å². The number of nitrogens with zero attached hydrogens (tertiary/aromatic N) is 2. The molecule has 0 saturated carbocycles. The molecule has 1 amide bonds. The van der Waals surface area contributed by atoms with Gasteiger partial charge in [0.05, 0.1) is 15.8 Å². The molecule has 3 aromatic rings. The third-order valence-electron chi connectivity index (χ3n) is 3.74. The second-order valence-electron chi connectivity index (χ2n) is 5.57. The third-order valence-corrected chi connectivity index (χ3v) is 6.05. The fourth-order valence-electron chi connectivity index (χ4n) is 2.48. The summed E-state index contributed by atoms with van der Waals surface area (Å²) in [6.07, 6.45) is 2.78. The number of carbonyl (C=O) groups is 1. The summed E-state index contributed by atoms with van der Waals surface area (Å²) in [5, 5.41) is 3.98. The molecule has 1 aliphatic heterocycles. The lowest BCUT2D eigenvalue weighted by Gasteiger charge is -2.11. The molecule has 0 unspecified atom stereocenters. The zero-order chi connectivity index (χ0) is 17.2. The molecule has 4 rings (SSSR count). The van der Waals surface area contributed by atoms with Gasteiger partial charge in [-0.15, -0.1) is 0 Å². The van der Waals surface area contributed by atoms with Crippen molar-refractivity contribution in [1.82, 2.24) is 9.97 Å². The average Bonchev–Trinajstić information content (AvgIpc) is 3.24. The Morgan fingerprint density at radius 1 is 1.32 bits per heavy atom. The quantitative estimate of drug-likeness (QED) is 0.710. The number of benzene rings is 1. The Kier molecular flexibility index (Phi) is 4.78. The SMILES string of the molecule is O=C(Nc1nc2ccc(Cl)cc2s1)c1ccc(O[C@@H]2CCSC2)nc1.